The normalized spacial score (nSPS) is 19.8. The number of anilines is 1. The Hall–Kier alpha value is -2.00. The number of ether oxygens (including phenoxy) is 1. The third-order valence-corrected chi connectivity index (χ3v) is 5.47. The Morgan fingerprint density at radius 1 is 1.24 bits per heavy atom. The Balaban J connectivity index is 1.85. The Kier molecular flexibility index (Phi) is 5.87. The molecule has 3 heterocycles. The maximum Gasteiger partial charge on any atom is 0.319 e. The molecular weight excluding hydrogens is 423 g/mol. The second-order valence-corrected chi connectivity index (χ2v) is 7.54. The summed E-state index contributed by atoms with van der Waals surface area (Å²) in [5.41, 5.74) is 7.42. The summed E-state index contributed by atoms with van der Waals surface area (Å²) in [6.45, 7) is -2.10. The number of aromatic nitrogens is 3. The fraction of sp³-hybridized carbons (Fsp3) is 0.368. The van der Waals surface area contributed by atoms with Crippen LogP contribution in [0.15, 0.2) is 30.3 Å². The zero-order valence-corrected chi connectivity index (χ0v) is 16.8. The Bertz CT molecular complexity index is 1010. The number of benzene rings is 1. The van der Waals surface area contributed by atoms with Gasteiger partial charge in [-0.2, -0.15) is 13.8 Å². The van der Waals surface area contributed by atoms with Gasteiger partial charge in [0.1, 0.15) is 17.1 Å². The summed E-state index contributed by atoms with van der Waals surface area (Å²) in [7, 11) is 0. The molecule has 0 unspecified atom stereocenters. The van der Waals surface area contributed by atoms with E-state index in [9.17, 15) is 8.78 Å². The van der Waals surface area contributed by atoms with Gasteiger partial charge in [-0.25, -0.2) is 4.98 Å². The lowest BCUT2D eigenvalue weighted by molar-refractivity contribution is -0.0141. The summed E-state index contributed by atoms with van der Waals surface area (Å²) < 4.78 is 34.9. The summed E-state index contributed by atoms with van der Waals surface area (Å²) in [5, 5.41) is 3.03. The molecule has 1 fully saturated rings. The van der Waals surface area contributed by atoms with Crippen LogP contribution in [0.25, 0.3) is 11.0 Å². The van der Waals surface area contributed by atoms with Crippen molar-refractivity contribution in [1.82, 2.24) is 14.5 Å². The first-order valence-corrected chi connectivity index (χ1v) is 9.93. The highest BCUT2D eigenvalue weighted by molar-refractivity contribution is 6.37. The minimum absolute atomic E-state index is 0.0507. The van der Waals surface area contributed by atoms with Crippen molar-refractivity contribution >= 4 is 40.1 Å². The number of hydrogen-bond donors (Lipinski definition) is 2. The highest BCUT2D eigenvalue weighted by Gasteiger charge is 2.35. The molecule has 0 aliphatic carbocycles. The number of alkyl halides is 2. The van der Waals surface area contributed by atoms with Gasteiger partial charge in [-0.05, 0) is 30.0 Å². The van der Waals surface area contributed by atoms with Crippen LogP contribution in [0.5, 0.6) is 0 Å². The molecule has 1 aliphatic heterocycles. The molecule has 2 aromatic heterocycles. The topological polar surface area (TPSA) is 78.0 Å². The van der Waals surface area contributed by atoms with E-state index < -0.39 is 18.7 Å². The summed E-state index contributed by atoms with van der Waals surface area (Å²) in [6, 6.07) is 9.03. The highest BCUT2D eigenvalue weighted by atomic mass is 35.5. The molecule has 29 heavy (non-hydrogen) atoms. The van der Waals surface area contributed by atoms with Crippen molar-refractivity contribution < 1.29 is 13.5 Å². The first-order chi connectivity index (χ1) is 14.0. The lowest BCUT2D eigenvalue weighted by Gasteiger charge is -2.30. The lowest BCUT2D eigenvalue weighted by Crippen LogP contribution is -2.35. The quantitative estimate of drug-likeness (QED) is 0.549. The van der Waals surface area contributed by atoms with E-state index >= 15 is 0 Å². The van der Waals surface area contributed by atoms with E-state index in [1.807, 2.05) is 30.3 Å². The maximum atomic E-state index is 14.2. The monoisotopic (exact) mass is 441 g/mol. The van der Waals surface area contributed by atoms with Crippen molar-refractivity contribution in [3.63, 3.8) is 0 Å². The number of fused-ring (bicyclic) bond motifs is 1. The second-order valence-electron chi connectivity index (χ2n) is 6.82. The lowest BCUT2D eigenvalue weighted by atomic mass is 10.0. The van der Waals surface area contributed by atoms with E-state index in [4.69, 9.17) is 33.7 Å². The van der Waals surface area contributed by atoms with Crippen molar-refractivity contribution in [2.75, 3.05) is 11.9 Å². The molecule has 2 atom stereocenters. The number of rotatable bonds is 5. The average Bonchev–Trinajstić information content (AvgIpc) is 3.00. The molecule has 0 radical (unpaired) electrons. The van der Waals surface area contributed by atoms with Gasteiger partial charge in [-0.1, -0.05) is 41.9 Å². The van der Waals surface area contributed by atoms with Crippen molar-refractivity contribution in [1.29, 1.82) is 0 Å². The van der Waals surface area contributed by atoms with E-state index in [-0.39, 0.29) is 32.9 Å². The Morgan fingerprint density at radius 2 is 2.00 bits per heavy atom. The van der Waals surface area contributed by atoms with E-state index in [0.29, 0.717) is 19.6 Å². The minimum Gasteiger partial charge on any atom is -0.370 e. The maximum absolute atomic E-state index is 14.2. The zero-order valence-electron chi connectivity index (χ0n) is 15.3. The van der Waals surface area contributed by atoms with Crippen molar-refractivity contribution in [2.45, 2.75) is 38.1 Å². The van der Waals surface area contributed by atoms with Crippen LogP contribution in [-0.4, -0.2) is 27.2 Å². The van der Waals surface area contributed by atoms with Gasteiger partial charge in [0.15, 0.2) is 5.82 Å². The Morgan fingerprint density at radius 3 is 2.69 bits per heavy atom. The van der Waals surface area contributed by atoms with Gasteiger partial charge in [0.25, 0.3) is 0 Å². The number of nitrogens with zero attached hydrogens (tertiary/aromatic N) is 3. The first kappa shape index (κ1) is 20.3. The van der Waals surface area contributed by atoms with Crippen LogP contribution in [0.1, 0.15) is 36.8 Å². The van der Waals surface area contributed by atoms with Gasteiger partial charge >= 0.3 is 6.55 Å². The van der Waals surface area contributed by atoms with Gasteiger partial charge in [-0.15, -0.1) is 0 Å². The number of nitrogens with two attached hydrogens (primary N) is 1. The van der Waals surface area contributed by atoms with Crippen LogP contribution >= 0.6 is 23.2 Å². The predicted octanol–water partition coefficient (Wildman–Crippen LogP) is 4.92. The van der Waals surface area contributed by atoms with Gasteiger partial charge in [0, 0.05) is 19.2 Å². The van der Waals surface area contributed by atoms with Gasteiger partial charge in [0.05, 0.1) is 10.7 Å². The van der Waals surface area contributed by atoms with Crippen LogP contribution in [0.4, 0.5) is 14.6 Å². The molecular formula is C19H19Cl2F2N5O. The zero-order chi connectivity index (χ0) is 20.5. The molecule has 1 saturated heterocycles. The average molecular weight is 442 g/mol. The summed E-state index contributed by atoms with van der Waals surface area (Å²) in [5.74, 6) is 0.168. The predicted molar refractivity (Wildman–Crippen MR) is 108 cm³/mol. The molecule has 6 nitrogen and oxygen atoms in total. The van der Waals surface area contributed by atoms with E-state index in [1.54, 1.807) is 0 Å². The van der Waals surface area contributed by atoms with Crippen LogP contribution in [0, 0.1) is 0 Å². The minimum atomic E-state index is -2.89. The summed E-state index contributed by atoms with van der Waals surface area (Å²) in [6.07, 6.45) is 0.650. The SMILES string of the molecule is N[C@H]1CCCO[C@@H]1c1c(Cl)c2nc(Cl)nc(NCc3ccccc3)c2n1C(F)F. The van der Waals surface area contributed by atoms with Crippen LogP contribution < -0.4 is 11.1 Å². The molecule has 3 N–H and O–H groups in total. The summed E-state index contributed by atoms with van der Waals surface area (Å²) >= 11 is 12.6. The third-order valence-electron chi connectivity index (χ3n) is 4.93. The first-order valence-electron chi connectivity index (χ1n) is 9.17. The van der Waals surface area contributed by atoms with Crippen molar-refractivity contribution in [3.8, 4) is 0 Å². The molecule has 3 aromatic rings. The molecule has 0 spiro atoms. The largest absolute Gasteiger partial charge is 0.370 e. The highest BCUT2D eigenvalue weighted by Crippen LogP contribution is 2.42. The molecule has 0 bridgehead atoms. The molecule has 0 amide bonds. The van der Waals surface area contributed by atoms with E-state index in [2.05, 4.69) is 15.3 Å². The molecule has 0 saturated carbocycles. The number of halogens is 4. The van der Waals surface area contributed by atoms with Gasteiger partial charge < -0.3 is 15.8 Å². The molecule has 154 valence electrons. The smallest absolute Gasteiger partial charge is 0.319 e. The van der Waals surface area contributed by atoms with Crippen LogP contribution in [0.2, 0.25) is 10.3 Å². The van der Waals surface area contributed by atoms with E-state index in [0.717, 1.165) is 16.6 Å². The van der Waals surface area contributed by atoms with Gasteiger partial charge in [-0.3, -0.25) is 4.57 Å². The fourth-order valence-electron chi connectivity index (χ4n) is 3.61. The third kappa shape index (κ3) is 3.90. The standard InChI is InChI=1S/C19H19Cl2F2N5O/c20-12-13-15(28(19(22)23)14(12)16-11(24)7-4-8-29-16)17(27-18(21)26-13)25-9-10-5-2-1-3-6-10/h1-3,5-6,11,16,19H,4,7-9,24H2,(H,25,26,27)/t11-,16-/m0/s1. The molecule has 4 rings (SSSR count). The van der Waals surface area contributed by atoms with Crippen LogP contribution in [0.3, 0.4) is 0 Å². The second kappa shape index (κ2) is 8.39. The number of hydrogen-bond acceptors (Lipinski definition) is 5. The molecule has 1 aliphatic rings. The summed E-state index contributed by atoms with van der Waals surface area (Å²) in [4.78, 5) is 8.24. The van der Waals surface area contributed by atoms with Crippen molar-refractivity contribution in [3.05, 3.63) is 51.9 Å². The van der Waals surface area contributed by atoms with Crippen LogP contribution in [-0.2, 0) is 11.3 Å². The van der Waals surface area contributed by atoms with E-state index in [1.165, 1.54) is 0 Å². The Labute approximate surface area is 176 Å². The number of nitrogens with one attached hydrogen (secondary N) is 1. The fourth-order valence-corrected chi connectivity index (χ4v) is 4.11. The van der Waals surface area contributed by atoms with Gasteiger partial charge in [0.2, 0.25) is 5.28 Å². The molecule has 10 heteroatoms. The van der Waals surface area contributed by atoms with Crippen molar-refractivity contribution in [2.24, 2.45) is 5.73 Å². The molecule has 1 aromatic carbocycles.